The van der Waals surface area contributed by atoms with Gasteiger partial charge in [-0.25, -0.2) is 5.43 Å². The molecule has 1 aliphatic carbocycles. The van der Waals surface area contributed by atoms with Gasteiger partial charge in [0, 0.05) is 16.8 Å². The van der Waals surface area contributed by atoms with Crippen LogP contribution in [0, 0.1) is 0 Å². The molecule has 2 aromatic rings. The second-order valence-corrected chi connectivity index (χ2v) is 7.37. The molecule has 9 nitrogen and oxygen atoms in total. The molecule has 0 heterocycles. The summed E-state index contributed by atoms with van der Waals surface area (Å²) in [5.41, 5.74) is 3.35. The molecule has 0 radical (unpaired) electrons. The summed E-state index contributed by atoms with van der Waals surface area (Å²) in [4.78, 5) is 35.4. The molecule has 10 heteroatoms. The Morgan fingerprint density at radius 3 is 2.62 bits per heavy atom. The van der Waals surface area contributed by atoms with Gasteiger partial charge >= 0.3 is 11.8 Å². The van der Waals surface area contributed by atoms with Crippen molar-refractivity contribution in [2.45, 2.75) is 25.8 Å². The molecule has 1 aliphatic rings. The standard InChI is InChI=1S/C22H23ClN4O5/c1-2-31-19-10-14(12-24-27-22(30)21(29)26-16-7-8-16)6-9-18(19)32-13-20(28)25-17-5-3-4-15(23)11-17/h3-6,9-12,16H,2,7-8,13H2,1H3,(H,25,28)(H,26,29)(H,27,30)/b24-12-. The summed E-state index contributed by atoms with van der Waals surface area (Å²) in [6, 6.07) is 11.8. The van der Waals surface area contributed by atoms with Crippen molar-refractivity contribution >= 4 is 41.2 Å². The normalized spacial score (nSPS) is 12.8. The summed E-state index contributed by atoms with van der Waals surface area (Å²) in [5.74, 6) is -1.11. The van der Waals surface area contributed by atoms with Gasteiger partial charge < -0.3 is 20.1 Å². The van der Waals surface area contributed by atoms with Crippen LogP contribution < -0.4 is 25.5 Å². The summed E-state index contributed by atoms with van der Waals surface area (Å²) < 4.78 is 11.2. The summed E-state index contributed by atoms with van der Waals surface area (Å²) in [5, 5.41) is 9.58. The molecule has 0 atom stereocenters. The smallest absolute Gasteiger partial charge is 0.329 e. The third-order valence-corrected chi connectivity index (χ3v) is 4.47. The maximum atomic E-state index is 12.2. The first-order valence-corrected chi connectivity index (χ1v) is 10.4. The first kappa shape index (κ1) is 23.1. The molecule has 0 bridgehead atoms. The number of nitrogens with one attached hydrogen (secondary N) is 3. The Morgan fingerprint density at radius 2 is 1.91 bits per heavy atom. The Hall–Kier alpha value is -3.59. The van der Waals surface area contributed by atoms with Crippen LogP contribution in [-0.2, 0) is 14.4 Å². The molecule has 1 saturated carbocycles. The molecular formula is C22H23ClN4O5. The molecule has 0 aromatic heterocycles. The molecule has 32 heavy (non-hydrogen) atoms. The van der Waals surface area contributed by atoms with Crippen LogP contribution in [0.3, 0.4) is 0 Å². The van der Waals surface area contributed by atoms with Gasteiger partial charge in [-0.3, -0.25) is 14.4 Å². The number of hydrogen-bond acceptors (Lipinski definition) is 6. The molecule has 168 valence electrons. The van der Waals surface area contributed by atoms with E-state index in [0.29, 0.717) is 34.4 Å². The Balaban J connectivity index is 1.55. The number of halogens is 1. The molecule has 0 aliphatic heterocycles. The van der Waals surface area contributed by atoms with Gasteiger partial charge in [-0.1, -0.05) is 17.7 Å². The first-order chi connectivity index (χ1) is 15.4. The predicted octanol–water partition coefficient (Wildman–Crippen LogP) is 2.48. The van der Waals surface area contributed by atoms with Crippen LogP contribution in [0.1, 0.15) is 25.3 Å². The minimum absolute atomic E-state index is 0.0890. The minimum atomic E-state index is -0.830. The van der Waals surface area contributed by atoms with Crippen molar-refractivity contribution in [1.29, 1.82) is 0 Å². The van der Waals surface area contributed by atoms with E-state index in [-0.39, 0.29) is 18.6 Å². The van der Waals surface area contributed by atoms with Crippen LogP contribution in [-0.4, -0.2) is 43.2 Å². The lowest BCUT2D eigenvalue weighted by molar-refractivity contribution is -0.139. The minimum Gasteiger partial charge on any atom is -0.490 e. The lowest BCUT2D eigenvalue weighted by Crippen LogP contribution is -2.38. The fourth-order valence-corrected chi connectivity index (χ4v) is 2.78. The van der Waals surface area contributed by atoms with E-state index in [1.807, 2.05) is 6.92 Å². The van der Waals surface area contributed by atoms with Crippen LogP contribution in [0.2, 0.25) is 5.02 Å². The van der Waals surface area contributed by atoms with Gasteiger partial charge in [0.05, 0.1) is 12.8 Å². The molecule has 1 fully saturated rings. The summed E-state index contributed by atoms with van der Waals surface area (Å²) in [6.07, 6.45) is 3.15. The Labute approximate surface area is 190 Å². The quantitative estimate of drug-likeness (QED) is 0.303. The maximum absolute atomic E-state index is 12.2. The second kappa shape index (κ2) is 11.1. The summed E-state index contributed by atoms with van der Waals surface area (Å²) >= 11 is 5.91. The number of benzene rings is 2. The van der Waals surface area contributed by atoms with Crippen molar-refractivity contribution in [3.05, 3.63) is 53.1 Å². The molecule has 0 saturated heterocycles. The number of rotatable bonds is 9. The van der Waals surface area contributed by atoms with Crippen LogP contribution in [0.15, 0.2) is 47.6 Å². The van der Waals surface area contributed by atoms with Crippen LogP contribution in [0.25, 0.3) is 0 Å². The fourth-order valence-electron chi connectivity index (χ4n) is 2.59. The number of carbonyl (C=O) groups is 3. The molecule has 3 rings (SSSR count). The maximum Gasteiger partial charge on any atom is 0.329 e. The van der Waals surface area contributed by atoms with Crippen molar-refractivity contribution in [3.63, 3.8) is 0 Å². The zero-order valence-electron chi connectivity index (χ0n) is 17.4. The van der Waals surface area contributed by atoms with E-state index in [1.165, 1.54) is 6.21 Å². The number of anilines is 1. The van der Waals surface area contributed by atoms with Crippen molar-refractivity contribution in [2.75, 3.05) is 18.5 Å². The van der Waals surface area contributed by atoms with E-state index in [1.54, 1.807) is 42.5 Å². The van der Waals surface area contributed by atoms with E-state index in [0.717, 1.165) is 12.8 Å². The second-order valence-electron chi connectivity index (χ2n) is 6.93. The molecule has 3 amide bonds. The first-order valence-electron chi connectivity index (χ1n) is 10.0. The van der Waals surface area contributed by atoms with Gasteiger partial charge in [0.1, 0.15) is 0 Å². The van der Waals surface area contributed by atoms with Crippen LogP contribution in [0.5, 0.6) is 11.5 Å². The number of hydrazone groups is 1. The van der Waals surface area contributed by atoms with Gasteiger partial charge in [0.15, 0.2) is 18.1 Å². The zero-order chi connectivity index (χ0) is 22.9. The van der Waals surface area contributed by atoms with E-state index < -0.39 is 11.8 Å². The number of carbonyl (C=O) groups excluding carboxylic acids is 3. The molecule has 3 N–H and O–H groups in total. The average Bonchev–Trinajstić information content (AvgIpc) is 3.57. The van der Waals surface area contributed by atoms with Gasteiger partial charge in [-0.15, -0.1) is 0 Å². The lowest BCUT2D eigenvalue weighted by Gasteiger charge is -2.12. The highest BCUT2D eigenvalue weighted by Gasteiger charge is 2.26. The third kappa shape index (κ3) is 7.28. The van der Waals surface area contributed by atoms with E-state index >= 15 is 0 Å². The number of amides is 3. The molecule has 0 spiro atoms. The van der Waals surface area contributed by atoms with Crippen molar-refractivity contribution in [3.8, 4) is 11.5 Å². The predicted molar refractivity (Wildman–Crippen MR) is 120 cm³/mol. The number of ether oxygens (including phenoxy) is 2. The highest BCUT2D eigenvalue weighted by atomic mass is 35.5. The van der Waals surface area contributed by atoms with Crippen molar-refractivity contribution in [2.24, 2.45) is 5.10 Å². The average molecular weight is 459 g/mol. The van der Waals surface area contributed by atoms with E-state index in [9.17, 15) is 14.4 Å². The van der Waals surface area contributed by atoms with Crippen LogP contribution >= 0.6 is 11.6 Å². The van der Waals surface area contributed by atoms with Crippen LogP contribution in [0.4, 0.5) is 5.69 Å². The topological polar surface area (TPSA) is 118 Å². The Kier molecular flexibility index (Phi) is 8.04. The van der Waals surface area contributed by atoms with Gasteiger partial charge in [0.25, 0.3) is 5.91 Å². The molecule has 2 aromatic carbocycles. The monoisotopic (exact) mass is 458 g/mol. The van der Waals surface area contributed by atoms with Gasteiger partial charge in [0.2, 0.25) is 0 Å². The lowest BCUT2D eigenvalue weighted by atomic mass is 10.2. The largest absolute Gasteiger partial charge is 0.490 e. The highest BCUT2D eigenvalue weighted by molar-refractivity contribution is 6.35. The summed E-state index contributed by atoms with van der Waals surface area (Å²) in [7, 11) is 0. The summed E-state index contributed by atoms with van der Waals surface area (Å²) in [6.45, 7) is 1.96. The van der Waals surface area contributed by atoms with Crippen molar-refractivity contribution < 1.29 is 23.9 Å². The Bertz CT molecular complexity index is 1020. The third-order valence-electron chi connectivity index (χ3n) is 4.23. The van der Waals surface area contributed by atoms with Crippen molar-refractivity contribution in [1.82, 2.24) is 10.7 Å². The fraction of sp³-hybridized carbons (Fsp3) is 0.273. The SMILES string of the molecule is CCOc1cc(/C=N\NC(=O)C(=O)NC2CC2)ccc1OCC(=O)Nc1cccc(Cl)c1. The van der Waals surface area contributed by atoms with E-state index in [2.05, 4.69) is 21.2 Å². The molecule has 0 unspecified atom stereocenters. The zero-order valence-corrected chi connectivity index (χ0v) is 18.1. The van der Waals surface area contributed by atoms with Gasteiger partial charge in [-0.2, -0.15) is 5.10 Å². The Morgan fingerprint density at radius 1 is 1.09 bits per heavy atom. The number of nitrogens with zero attached hydrogens (tertiary/aromatic N) is 1. The van der Waals surface area contributed by atoms with E-state index in [4.69, 9.17) is 21.1 Å². The van der Waals surface area contributed by atoms with Gasteiger partial charge in [-0.05, 0) is 61.7 Å². The molecular weight excluding hydrogens is 436 g/mol. The highest BCUT2D eigenvalue weighted by Crippen LogP contribution is 2.28. The number of hydrogen-bond donors (Lipinski definition) is 3.